The summed E-state index contributed by atoms with van der Waals surface area (Å²) in [6, 6.07) is 7.84. The number of fused-ring (bicyclic) bond motifs is 1. The number of carbonyl (C=O) groups excluding carboxylic acids is 2. The number of aliphatic hydroxyl groups excluding tert-OH is 1. The van der Waals surface area contributed by atoms with Crippen LogP contribution in [0.3, 0.4) is 0 Å². The Hall–Kier alpha value is -2.91. The van der Waals surface area contributed by atoms with Gasteiger partial charge in [0.25, 0.3) is 5.91 Å². The molecule has 0 bridgehead atoms. The average Bonchev–Trinajstić information content (AvgIpc) is 3.19. The summed E-state index contributed by atoms with van der Waals surface area (Å²) in [4.78, 5) is 28.9. The number of β-amino-alcohol motifs (C(OH)–C–C–N with tert-alkyl or cyclic N) is 1. The van der Waals surface area contributed by atoms with Gasteiger partial charge in [-0.1, -0.05) is 12.1 Å². The first kappa shape index (κ1) is 23.3. The molecule has 0 saturated carbocycles. The summed E-state index contributed by atoms with van der Waals surface area (Å²) in [6.07, 6.45) is 2.06. The zero-order valence-corrected chi connectivity index (χ0v) is 19.3. The van der Waals surface area contributed by atoms with Gasteiger partial charge in [-0.15, -0.1) is 0 Å². The molecule has 1 aromatic heterocycles. The van der Waals surface area contributed by atoms with Gasteiger partial charge in [0.1, 0.15) is 5.75 Å². The van der Waals surface area contributed by atoms with Crippen LogP contribution in [0.25, 0.3) is 0 Å². The molecule has 2 aromatic rings. The maximum Gasteiger partial charge on any atom is 0.306 e. The molecule has 4 rings (SSSR count). The van der Waals surface area contributed by atoms with Crippen molar-refractivity contribution in [3.63, 3.8) is 0 Å². The van der Waals surface area contributed by atoms with E-state index in [-0.39, 0.29) is 11.9 Å². The molecular formula is C24H32N4O5. The second kappa shape index (κ2) is 10.4. The van der Waals surface area contributed by atoms with E-state index in [9.17, 15) is 14.7 Å². The summed E-state index contributed by atoms with van der Waals surface area (Å²) in [5, 5.41) is 14.8. The number of benzene rings is 1. The smallest absolute Gasteiger partial charge is 0.306 e. The fourth-order valence-corrected chi connectivity index (χ4v) is 4.62. The summed E-state index contributed by atoms with van der Waals surface area (Å²) < 4.78 is 12.0. The van der Waals surface area contributed by atoms with Crippen molar-refractivity contribution in [2.75, 3.05) is 40.4 Å². The third-order valence-electron chi connectivity index (χ3n) is 6.43. The highest BCUT2D eigenvalue weighted by molar-refractivity contribution is 5.94. The van der Waals surface area contributed by atoms with Crippen molar-refractivity contribution >= 4 is 11.9 Å². The van der Waals surface area contributed by atoms with Gasteiger partial charge in [-0.25, -0.2) is 0 Å². The third kappa shape index (κ3) is 5.36. The predicted octanol–water partition coefficient (Wildman–Crippen LogP) is 1.46. The fraction of sp³-hybridized carbons (Fsp3) is 0.542. The van der Waals surface area contributed by atoms with Gasteiger partial charge in [0.15, 0.2) is 5.69 Å². The van der Waals surface area contributed by atoms with E-state index in [1.807, 2.05) is 28.9 Å². The highest BCUT2D eigenvalue weighted by Gasteiger charge is 2.32. The topological polar surface area (TPSA) is 97.1 Å². The number of ether oxygens (including phenoxy) is 2. The number of hydrogen-bond donors (Lipinski definition) is 1. The molecule has 0 spiro atoms. The monoisotopic (exact) mass is 456 g/mol. The molecule has 2 aliphatic heterocycles. The largest absolute Gasteiger partial charge is 0.497 e. The number of methoxy groups -OCH3 is 2. The van der Waals surface area contributed by atoms with E-state index >= 15 is 0 Å². The Balaban J connectivity index is 1.62. The Kier molecular flexibility index (Phi) is 7.29. The van der Waals surface area contributed by atoms with E-state index in [0.717, 1.165) is 42.0 Å². The van der Waals surface area contributed by atoms with Gasteiger partial charge < -0.3 is 19.5 Å². The zero-order valence-electron chi connectivity index (χ0n) is 19.3. The number of rotatable bonds is 7. The van der Waals surface area contributed by atoms with Crippen molar-refractivity contribution in [3.8, 4) is 5.75 Å². The highest BCUT2D eigenvalue weighted by atomic mass is 16.5. The molecular weight excluding hydrogens is 424 g/mol. The number of nitrogens with zero attached hydrogens (tertiary/aromatic N) is 4. The summed E-state index contributed by atoms with van der Waals surface area (Å²) in [5.41, 5.74) is 3.46. The molecule has 1 atom stereocenters. The number of amides is 1. The number of aliphatic hydroxyl groups is 1. The number of esters is 1. The quantitative estimate of drug-likeness (QED) is 0.630. The van der Waals surface area contributed by atoms with Crippen LogP contribution in [0.1, 0.15) is 46.6 Å². The number of hydrogen-bond acceptors (Lipinski definition) is 7. The van der Waals surface area contributed by atoms with Gasteiger partial charge in [0, 0.05) is 50.4 Å². The normalized spacial score (nSPS) is 18.6. The van der Waals surface area contributed by atoms with Gasteiger partial charge in [-0.05, 0) is 30.5 Å². The first-order valence-electron chi connectivity index (χ1n) is 11.5. The van der Waals surface area contributed by atoms with Crippen molar-refractivity contribution in [1.82, 2.24) is 19.6 Å². The first-order chi connectivity index (χ1) is 16.0. The maximum atomic E-state index is 13.4. The maximum absolute atomic E-state index is 13.4. The van der Waals surface area contributed by atoms with E-state index < -0.39 is 6.10 Å². The lowest BCUT2D eigenvalue weighted by molar-refractivity contribution is -0.141. The van der Waals surface area contributed by atoms with Gasteiger partial charge >= 0.3 is 5.97 Å². The van der Waals surface area contributed by atoms with Crippen LogP contribution in [0.4, 0.5) is 0 Å². The molecule has 178 valence electrons. The summed E-state index contributed by atoms with van der Waals surface area (Å²) in [7, 11) is 3.03. The van der Waals surface area contributed by atoms with E-state index in [4.69, 9.17) is 14.6 Å². The minimum Gasteiger partial charge on any atom is -0.497 e. The second-order valence-electron chi connectivity index (χ2n) is 8.68. The number of carbonyl (C=O) groups is 2. The lowest BCUT2D eigenvalue weighted by Gasteiger charge is -2.31. The number of piperidine rings is 1. The molecule has 1 N–H and O–H groups in total. The zero-order chi connectivity index (χ0) is 23.4. The molecule has 9 nitrogen and oxygen atoms in total. The number of likely N-dealkylation sites (tertiary alicyclic amines) is 1. The van der Waals surface area contributed by atoms with Crippen LogP contribution < -0.4 is 4.74 Å². The molecule has 1 aromatic carbocycles. The van der Waals surface area contributed by atoms with Crippen molar-refractivity contribution < 1.29 is 24.2 Å². The predicted molar refractivity (Wildman–Crippen MR) is 121 cm³/mol. The third-order valence-corrected chi connectivity index (χ3v) is 6.43. The molecule has 2 aliphatic rings. The van der Waals surface area contributed by atoms with Crippen molar-refractivity contribution in [2.24, 2.45) is 0 Å². The molecule has 3 heterocycles. The van der Waals surface area contributed by atoms with E-state index in [1.54, 1.807) is 12.0 Å². The molecule has 0 radical (unpaired) electrons. The minimum atomic E-state index is -0.492. The van der Waals surface area contributed by atoms with Crippen LogP contribution in [-0.4, -0.2) is 83.1 Å². The second-order valence-corrected chi connectivity index (χ2v) is 8.68. The van der Waals surface area contributed by atoms with E-state index in [1.165, 1.54) is 7.11 Å². The Morgan fingerprint density at radius 1 is 1.24 bits per heavy atom. The Morgan fingerprint density at radius 3 is 2.85 bits per heavy atom. The Bertz CT molecular complexity index is 1000. The molecule has 33 heavy (non-hydrogen) atoms. The van der Waals surface area contributed by atoms with Gasteiger partial charge in [-0.2, -0.15) is 5.10 Å². The van der Waals surface area contributed by atoms with Crippen LogP contribution >= 0.6 is 0 Å². The van der Waals surface area contributed by atoms with Crippen molar-refractivity contribution in [2.45, 2.75) is 44.9 Å². The summed E-state index contributed by atoms with van der Waals surface area (Å²) >= 11 is 0. The van der Waals surface area contributed by atoms with Crippen molar-refractivity contribution in [3.05, 3.63) is 46.8 Å². The van der Waals surface area contributed by atoms with Gasteiger partial charge in [-0.3, -0.25) is 19.2 Å². The Labute approximate surface area is 193 Å². The fourth-order valence-electron chi connectivity index (χ4n) is 4.62. The SMILES string of the molecule is COC(=O)CCN1CCc2c(c(C(=O)N3CCCC(O)C3)nn2Cc2cccc(OC)c2)C1. The van der Waals surface area contributed by atoms with Crippen LogP contribution in [0, 0.1) is 0 Å². The molecule has 1 amide bonds. The van der Waals surface area contributed by atoms with E-state index in [0.29, 0.717) is 51.3 Å². The molecule has 9 heteroatoms. The van der Waals surface area contributed by atoms with Gasteiger partial charge in [0.05, 0.1) is 33.3 Å². The lowest BCUT2D eigenvalue weighted by Crippen LogP contribution is -2.43. The lowest BCUT2D eigenvalue weighted by atomic mass is 10.0. The van der Waals surface area contributed by atoms with Crippen molar-refractivity contribution in [1.29, 1.82) is 0 Å². The summed E-state index contributed by atoms with van der Waals surface area (Å²) in [6.45, 7) is 3.41. The molecule has 1 saturated heterocycles. The van der Waals surface area contributed by atoms with Crippen LogP contribution in [0.2, 0.25) is 0 Å². The molecule has 1 fully saturated rings. The van der Waals surface area contributed by atoms with Crippen LogP contribution in [0.15, 0.2) is 24.3 Å². The van der Waals surface area contributed by atoms with Crippen LogP contribution in [-0.2, 0) is 29.0 Å². The van der Waals surface area contributed by atoms with E-state index in [2.05, 4.69) is 4.90 Å². The summed E-state index contributed by atoms with van der Waals surface area (Å²) in [5.74, 6) is 0.401. The average molecular weight is 457 g/mol. The first-order valence-corrected chi connectivity index (χ1v) is 11.5. The minimum absolute atomic E-state index is 0.135. The van der Waals surface area contributed by atoms with Gasteiger partial charge in [0.2, 0.25) is 0 Å². The standard InChI is InChI=1S/C24H32N4O5/c1-32-19-7-3-5-17(13-19)14-28-21-8-11-26(12-9-22(30)33-2)16-20(21)23(25-28)24(31)27-10-4-6-18(29)15-27/h3,5,7,13,18,29H,4,6,8-12,14-16H2,1-2H3. The molecule has 0 aliphatic carbocycles. The molecule has 1 unspecified atom stereocenters. The highest BCUT2D eigenvalue weighted by Crippen LogP contribution is 2.26. The number of aromatic nitrogens is 2. The Morgan fingerprint density at radius 2 is 2.09 bits per heavy atom. The van der Waals surface area contributed by atoms with Crippen LogP contribution in [0.5, 0.6) is 5.75 Å².